The topological polar surface area (TPSA) is 36.3 Å². The Morgan fingerprint density at radius 3 is 3.00 bits per heavy atom. The summed E-state index contributed by atoms with van der Waals surface area (Å²) in [5, 5.41) is 8.71. The Kier molecular flexibility index (Phi) is 7.70. The van der Waals surface area contributed by atoms with Crippen LogP contribution in [0.15, 0.2) is 12.2 Å². The molecular weight excluding hydrogens is 212 g/mol. The number of ether oxygens (including phenoxy) is 1. The van der Waals surface area contributed by atoms with Gasteiger partial charge < -0.3 is 4.74 Å². The standard InChI is InChI=1S/C14H24N2O/c1-17-13-12-16(11-7-10-15)14-8-5-3-2-4-6-9-14/h5,8,14H,2-4,6-7,9,11-13H2,1H3/b8-5+. The maximum absolute atomic E-state index is 8.71. The predicted octanol–water partition coefficient (Wildman–Crippen LogP) is 2.74. The Labute approximate surface area is 105 Å². The molecule has 0 bridgehead atoms. The van der Waals surface area contributed by atoms with E-state index in [1.54, 1.807) is 7.11 Å². The van der Waals surface area contributed by atoms with E-state index in [-0.39, 0.29) is 0 Å². The summed E-state index contributed by atoms with van der Waals surface area (Å²) in [7, 11) is 1.73. The molecule has 3 nitrogen and oxygen atoms in total. The third-order valence-corrected chi connectivity index (χ3v) is 3.29. The van der Waals surface area contributed by atoms with Gasteiger partial charge in [-0.15, -0.1) is 0 Å². The largest absolute Gasteiger partial charge is 0.383 e. The van der Waals surface area contributed by atoms with Crippen molar-refractivity contribution in [1.82, 2.24) is 4.90 Å². The molecule has 0 fully saturated rings. The van der Waals surface area contributed by atoms with Crippen LogP contribution >= 0.6 is 0 Å². The smallest absolute Gasteiger partial charge is 0.0635 e. The maximum Gasteiger partial charge on any atom is 0.0635 e. The lowest BCUT2D eigenvalue weighted by Gasteiger charge is -2.29. The van der Waals surface area contributed by atoms with Gasteiger partial charge in [0.05, 0.1) is 12.7 Å². The van der Waals surface area contributed by atoms with Crippen molar-refractivity contribution in [2.24, 2.45) is 0 Å². The van der Waals surface area contributed by atoms with Gasteiger partial charge in [-0.1, -0.05) is 25.0 Å². The quantitative estimate of drug-likeness (QED) is 0.665. The molecule has 17 heavy (non-hydrogen) atoms. The van der Waals surface area contributed by atoms with Gasteiger partial charge in [-0.3, -0.25) is 4.90 Å². The summed E-state index contributed by atoms with van der Waals surface area (Å²) in [6.45, 7) is 2.53. The lowest BCUT2D eigenvalue weighted by Crippen LogP contribution is -2.37. The van der Waals surface area contributed by atoms with Crippen molar-refractivity contribution < 1.29 is 4.74 Å². The van der Waals surface area contributed by atoms with E-state index < -0.39 is 0 Å². The highest BCUT2D eigenvalue weighted by Gasteiger charge is 2.15. The fourth-order valence-corrected chi connectivity index (χ4v) is 2.29. The third-order valence-electron chi connectivity index (χ3n) is 3.29. The predicted molar refractivity (Wildman–Crippen MR) is 69.7 cm³/mol. The first-order valence-electron chi connectivity index (χ1n) is 6.65. The molecule has 1 unspecified atom stereocenters. The average molecular weight is 236 g/mol. The van der Waals surface area contributed by atoms with Gasteiger partial charge >= 0.3 is 0 Å². The minimum absolute atomic E-state index is 0.499. The van der Waals surface area contributed by atoms with E-state index in [2.05, 4.69) is 23.1 Å². The first kappa shape index (κ1) is 14.2. The fraction of sp³-hybridized carbons (Fsp3) is 0.786. The molecule has 1 rings (SSSR count). The molecule has 0 aromatic carbocycles. The van der Waals surface area contributed by atoms with Crippen LogP contribution < -0.4 is 0 Å². The van der Waals surface area contributed by atoms with Crippen molar-refractivity contribution in [3.05, 3.63) is 12.2 Å². The number of nitriles is 1. The molecule has 0 saturated carbocycles. The molecule has 1 atom stereocenters. The van der Waals surface area contributed by atoms with E-state index in [9.17, 15) is 0 Å². The van der Waals surface area contributed by atoms with Gasteiger partial charge in [-0.05, 0) is 19.3 Å². The summed E-state index contributed by atoms with van der Waals surface area (Å²) < 4.78 is 5.15. The van der Waals surface area contributed by atoms with Crippen molar-refractivity contribution in [2.45, 2.75) is 44.6 Å². The second kappa shape index (κ2) is 9.21. The Morgan fingerprint density at radius 2 is 2.24 bits per heavy atom. The summed E-state index contributed by atoms with van der Waals surface area (Å²) in [5.41, 5.74) is 0. The zero-order chi connectivity index (χ0) is 12.3. The Hall–Kier alpha value is -0.850. The number of hydrogen-bond acceptors (Lipinski definition) is 3. The molecule has 0 aromatic heterocycles. The van der Waals surface area contributed by atoms with Gasteiger partial charge in [0.25, 0.3) is 0 Å². The van der Waals surface area contributed by atoms with E-state index in [4.69, 9.17) is 10.00 Å². The molecule has 1 aliphatic carbocycles. The minimum atomic E-state index is 0.499. The number of hydrogen-bond donors (Lipinski definition) is 0. The number of nitrogens with zero attached hydrogens (tertiary/aromatic N) is 2. The van der Waals surface area contributed by atoms with Crippen LogP contribution in [-0.2, 0) is 4.74 Å². The molecule has 0 N–H and O–H groups in total. The molecule has 96 valence electrons. The van der Waals surface area contributed by atoms with Gasteiger partial charge in [0, 0.05) is 32.7 Å². The first-order chi connectivity index (χ1) is 8.38. The van der Waals surface area contributed by atoms with Crippen LogP contribution in [0.4, 0.5) is 0 Å². The van der Waals surface area contributed by atoms with Crippen LogP contribution in [0.1, 0.15) is 38.5 Å². The SMILES string of the molecule is COCCN(CCC#N)C1/C=C/CCCCC1. The minimum Gasteiger partial charge on any atom is -0.383 e. The van der Waals surface area contributed by atoms with Crippen LogP contribution in [-0.4, -0.2) is 37.7 Å². The zero-order valence-electron chi connectivity index (χ0n) is 10.9. The molecule has 3 heteroatoms. The fourth-order valence-electron chi connectivity index (χ4n) is 2.29. The monoisotopic (exact) mass is 236 g/mol. The van der Waals surface area contributed by atoms with Crippen molar-refractivity contribution >= 4 is 0 Å². The number of methoxy groups -OCH3 is 1. The van der Waals surface area contributed by atoms with Gasteiger partial charge in [-0.25, -0.2) is 0 Å². The van der Waals surface area contributed by atoms with Gasteiger partial charge in [0.1, 0.15) is 0 Å². The van der Waals surface area contributed by atoms with Crippen molar-refractivity contribution in [1.29, 1.82) is 5.26 Å². The highest BCUT2D eigenvalue weighted by Crippen LogP contribution is 2.16. The Bertz CT molecular complexity index is 257. The van der Waals surface area contributed by atoms with E-state index in [0.717, 1.165) is 19.7 Å². The molecule has 0 amide bonds. The Morgan fingerprint density at radius 1 is 1.35 bits per heavy atom. The van der Waals surface area contributed by atoms with Crippen LogP contribution in [0.5, 0.6) is 0 Å². The van der Waals surface area contributed by atoms with Gasteiger partial charge in [0.2, 0.25) is 0 Å². The second-order valence-electron chi connectivity index (χ2n) is 4.57. The van der Waals surface area contributed by atoms with Crippen LogP contribution in [0.25, 0.3) is 0 Å². The number of rotatable bonds is 6. The highest BCUT2D eigenvalue weighted by molar-refractivity contribution is 4.96. The molecule has 0 aliphatic heterocycles. The van der Waals surface area contributed by atoms with E-state index in [1.165, 1.54) is 32.1 Å². The lowest BCUT2D eigenvalue weighted by molar-refractivity contribution is 0.130. The van der Waals surface area contributed by atoms with E-state index in [0.29, 0.717) is 12.5 Å². The van der Waals surface area contributed by atoms with Crippen molar-refractivity contribution in [3.63, 3.8) is 0 Å². The summed E-state index contributed by atoms with van der Waals surface area (Å²) in [6.07, 6.45) is 11.6. The first-order valence-corrected chi connectivity index (χ1v) is 6.65. The molecule has 0 saturated heterocycles. The van der Waals surface area contributed by atoms with Crippen molar-refractivity contribution in [2.75, 3.05) is 26.8 Å². The van der Waals surface area contributed by atoms with Gasteiger partial charge in [-0.2, -0.15) is 5.26 Å². The molecule has 0 spiro atoms. The summed E-state index contributed by atoms with van der Waals surface area (Å²) in [5.74, 6) is 0. The molecule has 0 heterocycles. The lowest BCUT2D eigenvalue weighted by atomic mass is 10.0. The van der Waals surface area contributed by atoms with E-state index >= 15 is 0 Å². The molecule has 0 aromatic rings. The summed E-state index contributed by atoms with van der Waals surface area (Å²) in [4.78, 5) is 2.38. The summed E-state index contributed by atoms with van der Waals surface area (Å²) >= 11 is 0. The van der Waals surface area contributed by atoms with Crippen molar-refractivity contribution in [3.8, 4) is 6.07 Å². The maximum atomic E-state index is 8.71. The molecular formula is C14H24N2O. The third kappa shape index (κ3) is 5.86. The average Bonchev–Trinajstić information content (AvgIpc) is 2.30. The molecule has 0 radical (unpaired) electrons. The summed E-state index contributed by atoms with van der Waals surface area (Å²) in [6, 6.07) is 2.73. The number of allylic oxidation sites excluding steroid dienone is 1. The molecule has 1 aliphatic rings. The normalized spacial score (nSPS) is 22.8. The second-order valence-corrected chi connectivity index (χ2v) is 4.57. The van der Waals surface area contributed by atoms with E-state index in [1.807, 2.05) is 0 Å². The van der Waals surface area contributed by atoms with Gasteiger partial charge in [0.15, 0.2) is 0 Å². The van der Waals surface area contributed by atoms with Crippen LogP contribution in [0.2, 0.25) is 0 Å². The zero-order valence-corrected chi connectivity index (χ0v) is 10.9. The highest BCUT2D eigenvalue weighted by atomic mass is 16.5. The van der Waals surface area contributed by atoms with Crippen LogP contribution in [0.3, 0.4) is 0 Å². The Balaban J connectivity index is 2.51. The van der Waals surface area contributed by atoms with Crippen LogP contribution in [0, 0.1) is 11.3 Å².